The molecule has 0 saturated heterocycles. The zero-order valence-corrected chi connectivity index (χ0v) is 15.9. The maximum atomic E-state index is 12.4. The third-order valence-corrected chi connectivity index (χ3v) is 6.42. The highest BCUT2D eigenvalue weighted by molar-refractivity contribution is 8.03. The predicted octanol–water partition coefficient (Wildman–Crippen LogP) is 4.70. The number of hydrogen-bond donors (Lipinski definition) is 2. The number of para-hydroxylation sites is 2. The van der Waals surface area contributed by atoms with Gasteiger partial charge in [-0.3, -0.25) is 9.59 Å². The van der Waals surface area contributed by atoms with Gasteiger partial charge in [0.15, 0.2) is 0 Å². The SMILES string of the molecule is O=C1C(=O)/C(=C\c2nc3ccccc3s2)C(O)=C1/C=C1/Nc2ccccc2S1. The van der Waals surface area contributed by atoms with Crippen molar-refractivity contribution in [2.45, 2.75) is 4.90 Å². The molecule has 0 amide bonds. The molecule has 0 spiro atoms. The van der Waals surface area contributed by atoms with Crippen LogP contribution in [0.5, 0.6) is 0 Å². The van der Waals surface area contributed by atoms with Crippen LogP contribution in [0.2, 0.25) is 0 Å². The molecule has 1 aliphatic carbocycles. The Morgan fingerprint density at radius 3 is 2.57 bits per heavy atom. The lowest BCUT2D eigenvalue weighted by atomic mass is 10.2. The van der Waals surface area contributed by atoms with Crippen LogP contribution >= 0.6 is 23.1 Å². The van der Waals surface area contributed by atoms with Crippen LogP contribution in [0.1, 0.15) is 5.01 Å². The van der Waals surface area contributed by atoms with Crippen molar-refractivity contribution in [2.75, 3.05) is 5.32 Å². The molecule has 1 aliphatic heterocycles. The number of carbonyl (C=O) groups excluding carboxylic acids is 2. The molecular formula is C21H12N2O3S2. The van der Waals surface area contributed by atoms with E-state index in [4.69, 9.17) is 0 Å². The van der Waals surface area contributed by atoms with E-state index in [1.54, 1.807) is 0 Å². The number of thiazole rings is 1. The Kier molecular flexibility index (Phi) is 3.92. The Morgan fingerprint density at radius 2 is 1.75 bits per heavy atom. The summed E-state index contributed by atoms with van der Waals surface area (Å²) in [5.41, 5.74) is 1.73. The summed E-state index contributed by atoms with van der Waals surface area (Å²) in [4.78, 5) is 30.3. The number of ketones is 2. The molecule has 1 aromatic heterocycles. The minimum atomic E-state index is -0.718. The van der Waals surface area contributed by atoms with Gasteiger partial charge in [-0.2, -0.15) is 0 Å². The molecule has 3 aromatic rings. The van der Waals surface area contributed by atoms with Crippen molar-refractivity contribution in [1.29, 1.82) is 0 Å². The fourth-order valence-electron chi connectivity index (χ4n) is 3.08. The van der Waals surface area contributed by atoms with Gasteiger partial charge in [0.05, 0.1) is 32.1 Å². The number of aliphatic hydroxyl groups is 1. The summed E-state index contributed by atoms with van der Waals surface area (Å²) in [5.74, 6) is -1.74. The molecule has 5 rings (SSSR count). The number of benzene rings is 2. The molecule has 2 heterocycles. The highest BCUT2D eigenvalue weighted by Gasteiger charge is 2.36. The number of nitrogens with zero attached hydrogens (tertiary/aromatic N) is 1. The minimum absolute atomic E-state index is 0.000155. The summed E-state index contributed by atoms with van der Waals surface area (Å²) in [5, 5.41) is 15.0. The predicted molar refractivity (Wildman–Crippen MR) is 111 cm³/mol. The number of anilines is 1. The van der Waals surface area contributed by atoms with Crippen LogP contribution in [-0.2, 0) is 9.59 Å². The van der Waals surface area contributed by atoms with Gasteiger partial charge in [-0.05, 0) is 36.4 Å². The second kappa shape index (κ2) is 6.47. The molecular weight excluding hydrogens is 392 g/mol. The first kappa shape index (κ1) is 17.0. The zero-order chi connectivity index (χ0) is 19.3. The topological polar surface area (TPSA) is 79.3 Å². The van der Waals surface area contributed by atoms with Gasteiger partial charge in [0.2, 0.25) is 11.6 Å². The highest BCUT2D eigenvalue weighted by Crippen LogP contribution is 2.42. The van der Waals surface area contributed by atoms with E-state index in [2.05, 4.69) is 10.3 Å². The summed E-state index contributed by atoms with van der Waals surface area (Å²) in [6, 6.07) is 15.3. The van der Waals surface area contributed by atoms with Crippen LogP contribution < -0.4 is 5.32 Å². The lowest BCUT2D eigenvalue weighted by Gasteiger charge is -1.98. The highest BCUT2D eigenvalue weighted by atomic mass is 32.2. The quantitative estimate of drug-likeness (QED) is 0.476. The first-order valence-electron chi connectivity index (χ1n) is 8.45. The molecule has 2 aliphatic rings. The van der Waals surface area contributed by atoms with Crippen molar-refractivity contribution in [3.05, 3.63) is 81.5 Å². The number of aliphatic hydroxyl groups excluding tert-OH is 1. The molecule has 2 aromatic carbocycles. The third kappa shape index (κ3) is 2.76. The number of aromatic nitrogens is 1. The number of carbonyl (C=O) groups is 2. The number of rotatable bonds is 2. The van der Waals surface area contributed by atoms with E-state index < -0.39 is 11.6 Å². The number of Topliss-reactive ketones (excluding diaryl/α,β-unsaturated/α-hetero) is 2. The molecule has 0 unspecified atom stereocenters. The van der Waals surface area contributed by atoms with Gasteiger partial charge in [0.25, 0.3) is 0 Å². The summed E-state index contributed by atoms with van der Waals surface area (Å²) in [7, 11) is 0. The standard InChI is InChI=1S/C21H12N2O3S2/c24-19-11(9-17-22-13-5-1-3-7-15(13)27-17)20(25)21(26)12(19)10-18-23-14-6-2-4-8-16(14)28-18/h1-10,22,24H/b12-10-,17-9-. The van der Waals surface area contributed by atoms with Gasteiger partial charge < -0.3 is 10.4 Å². The van der Waals surface area contributed by atoms with Crippen molar-refractivity contribution < 1.29 is 14.7 Å². The molecule has 2 N–H and O–H groups in total. The van der Waals surface area contributed by atoms with Gasteiger partial charge in [-0.25, -0.2) is 4.98 Å². The fraction of sp³-hybridized carbons (Fsp3) is 0. The largest absolute Gasteiger partial charge is 0.506 e. The van der Waals surface area contributed by atoms with Crippen LogP contribution in [0.3, 0.4) is 0 Å². The molecule has 0 bridgehead atoms. The number of nitrogens with one attached hydrogen (secondary N) is 1. The van der Waals surface area contributed by atoms with Crippen molar-refractivity contribution in [2.24, 2.45) is 0 Å². The van der Waals surface area contributed by atoms with Crippen molar-refractivity contribution in [3.8, 4) is 0 Å². The Balaban J connectivity index is 1.52. The van der Waals surface area contributed by atoms with Gasteiger partial charge in [0.1, 0.15) is 10.8 Å². The normalized spacial score (nSPS) is 19.1. The van der Waals surface area contributed by atoms with Crippen molar-refractivity contribution in [3.63, 3.8) is 0 Å². The molecule has 5 nitrogen and oxygen atoms in total. The van der Waals surface area contributed by atoms with E-state index in [0.717, 1.165) is 20.8 Å². The molecule has 0 saturated carbocycles. The molecule has 28 heavy (non-hydrogen) atoms. The summed E-state index contributed by atoms with van der Waals surface area (Å²) in [6.07, 6.45) is 3.01. The number of allylic oxidation sites excluding steroid dienone is 3. The maximum Gasteiger partial charge on any atom is 0.237 e. The molecule has 7 heteroatoms. The monoisotopic (exact) mass is 404 g/mol. The van der Waals surface area contributed by atoms with Crippen LogP contribution in [0, 0.1) is 0 Å². The zero-order valence-electron chi connectivity index (χ0n) is 14.3. The van der Waals surface area contributed by atoms with Crippen LogP contribution in [0.15, 0.2) is 81.4 Å². The van der Waals surface area contributed by atoms with E-state index in [1.165, 1.54) is 35.3 Å². The summed E-state index contributed by atoms with van der Waals surface area (Å²) >= 11 is 2.85. The summed E-state index contributed by atoms with van der Waals surface area (Å²) < 4.78 is 0.973. The van der Waals surface area contributed by atoms with Crippen LogP contribution in [-0.4, -0.2) is 21.7 Å². The lowest BCUT2D eigenvalue weighted by Crippen LogP contribution is -2.09. The van der Waals surface area contributed by atoms with Crippen LogP contribution in [0.4, 0.5) is 5.69 Å². The Labute approximate surface area is 168 Å². The van der Waals surface area contributed by atoms with Gasteiger partial charge in [-0.15, -0.1) is 11.3 Å². The van der Waals surface area contributed by atoms with Crippen molar-refractivity contribution in [1.82, 2.24) is 4.98 Å². The van der Waals surface area contributed by atoms with E-state index in [1.807, 2.05) is 48.5 Å². The minimum Gasteiger partial charge on any atom is -0.506 e. The second-order valence-electron chi connectivity index (χ2n) is 6.23. The number of thioether (sulfide) groups is 1. The lowest BCUT2D eigenvalue weighted by molar-refractivity contribution is -0.131. The maximum absolute atomic E-state index is 12.4. The summed E-state index contributed by atoms with van der Waals surface area (Å²) in [6.45, 7) is 0. The number of fused-ring (bicyclic) bond motifs is 2. The Bertz CT molecular complexity index is 1210. The molecule has 0 fully saturated rings. The van der Waals surface area contributed by atoms with Crippen molar-refractivity contribution >= 4 is 56.6 Å². The Morgan fingerprint density at radius 1 is 0.964 bits per heavy atom. The first-order valence-corrected chi connectivity index (χ1v) is 10.1. The molecule has 0 radical (unpaired) electrons. The first-order chi connectivity index (χ1) is 13.6. The van der Waals surface area contributed by atoms with E-state index >= 15 is 0 Å². The Hall–Kier alpha value is -3.16. The smallest absolute Gasteiger partial charge is 0.237 e. The second-order valence-corrected chi connectivity index (χ2v) is 8.38. The van der Waals surface area contributed by atoms with Gasteiger partial charge in [0, 0.05) is 4.90 Å². The van der Waals surface area contributed by atoms with Gasteiger partial charge >= 0.3 is 0 Å². The fourth-order valence-corrected chi connectivity index (χ4v) is 4.94. The van der Waals surface area contributed by atoms with Crippen LogP contribution in [0.25, 0.3) is 16.3 Å². The van der Waals surface area contributed by atoms with E-state index in [-0.39, 0.29) is 16.9 Å². The molecule has 0 atom stereocenters. The average molecular weight is 404 g/mol. The van der Waals surface area contributed by atoms with E-state index in [0.29, 0.717) is 10.0 Å². The van der Waals surface area contributed by atoms with Gasteiger partial charge in [-0.1, -0.05) is 36.0 Å². The molecule has 136 valence electrons. The number of hydrogen-bond acceptors (Lipinski definition) is 7. The average Bonchev–Trinajstić information content (AvgIpc) is 3.35. The van der Waals surface area contributed by atoms with E-state index in [9.17, 15) is 14.7 Å². The third-order valence-electron chi connectivity index (χ3n) is 4.42.